The number of nitrogens with one attached hydrogen (secondary N) is 2. The predicted molar refractivity (Wildman–Crippen MR) is 110 cm³/mol. The molecule has 3 aromatic rings. The maximum atomic E-state index is 13.0. The van der Waals surface area contributed by atoms with Crippen LogP contribution in [-0.4, -0.2) is 30.1 Å². The average molecular weight is 381 g/mol. The van der Waals surface area contributed by atoms with Gasteiger partial charge in [0.1, 0.15) is 17.3 Å². The Morgan fingerprint density at radius 1 is 1.18 bits per heavy atom. The number of nitrogens with zero attached hydrogens (tertiary/aromatic N) is 1. The van der Waals surface area contributed by atoms with E-state index in [-0.39, 0.29) is 17.9 Å². The molecule has 1 aromatic heterocycles. The summed E-state index contributed by atoms with van der Waals surface area (Å²) in [7, 11) is 3.17. The normalized spacial score (nSPS) is 13.2. The smallest absolute Gasteiger partial charge is 0.252 e. The number of ether oxygens (including phenoxy) is 2. The standard InChI is InChI=1S/C22H27N3O3/c1-6-13(2)20(21-23-16-9-7-8-10-17(16)24-21)25-22(26)15-11-18(27-4)14(3)19(12-15)28-5/h7-13,20H,6H2,1-5H3,(H,23,24)(H,25,26). The number of carbonyl (C=O) groups excluding carboxylic acids is 1. The fraction of sp³-hybridized carbons (Fsp3) is 0.364. The second-order valence-electron chi connectivity index (χ2n) is 6.98. The molecule has 0 aliphatic heterocycles. The van der Waals surface area contributed by atoms with E-state index in [1.807, 2.05) is 31.2 Å². The number of hydrogen-bond acceptors (Lipinski definition) is 4. The third kappa shape index (κ3) is 3.81. The van der Waals surface area contributed by atoms with Gasteiger partial charge in [-0.3, -0.25) is 4.79 Å². The van der Waals surface area contributed by atoms with Crippen LogP contribution < -0.4 is 14.8 Å². The number of hydrogen-bond donors (Lipinski definition) is 2. The first-order valence-electron chi connectivity index (χ1n) is 9.46. The van der Waals surface area contributed by atoms with E-state index in [1.54, 1.807) is 26.4 Å². The molecule has 28 heavy (non-hydrogen) atoms. The monoisotopic (exact) mass is 381 g/mol. The van der Waals surface area contributed by atoms with Gasteiger partial charge in [-0.05, 0) is 37.1 Å². The molecule has 0 fully saturated rings. The van der Waals surface area contributed by atoms with Crippen molar-refractivity contribution in [1.82, 2.24) is 15.3 Å². The van der Waals surface area contributed by atoms with E-state index >= 15 is 0 Å². The lowest BCUT2D eigenvalue weighted by atomic mass is 9.98. The summed E-state index contributed by atoms with van der Waals surface area (Å²) < 4.78 is 10.8. The zero-order valence-electron chi connectivity index (χ0n) is 17.0. The number of amides is 1. The Labute approximate surface area is 165 Å². The Hall–Kier alpha value is -3.02. The third-order valence-corrected chi connectivity index (χ3v) is 5.22. The SMILES string of the molecule is CCC(C)C(NC(=O)c1cc(OC)c(C)c(OC)c1)c1nc2ccccc2[nH]1. The quantitative estimate of drug-likeness (QED) is 0.636. The molecule has 148 valence electrons. The summed E-state index contributed by atoms with van der Waals surface area (Å²) in [4.78, 5) is 21.1. The molecule has 0 radical (unpaired) electrons. The minimum absolute atomic E-state index is 0.192. The van der Waals surface area contributed by atoms with Gasteiger partial charge in [0.15, 0.2) is 0 Å². The number of para-hydroxylation sites is 2. The number of benzene rings is 2. The maximum Gasteiger partial charge on any atom is 0.252 e. The van der Waals surface area contributed by atoms with Gasteiger partial charge < -0.3 is 19.8 Å². The second kappa shape index (κ2) is 8.33. The molecule has 2 unspecified atom stereocenters. The Morgan fingerprint density at radius 2 is 1.82 bits per heavy atom. The van der Waals surface area contributed by atoms with Crippen LogP contribution in [0.25, 0.3) is 11.0 Å². The summed E-state index contributed by atoms with van der Waals surface area (Å²) in [6.07, 6.45) is 0.905. The number of aromatic amines is 1. The Morgan fingerprint density at radius 3 is 2.39 bits per heavy atom. The number of aromatic nitrogens is 2. The highest BCUT2D eigenvalue weighted by Gasteiger charge is 2.25. The second-order valence-corrected chi connectivity index (χ2v) is 6.98. The van der Waals surface area contributed by atoms with Gasteiger partial charge in [-0.1, -0.05) is 32.4 Å². The number of rotatable bonds is 7. The lowest BCUT2D eigenvalue weighted by Gasteiger charge is -2.23. The highest BCUT2D eigenvalue weighted by molar-refractivity contribution is 5.95. The van der Waals surface area contributed by atoms with Crippen LogP contribution in [0.1, 0.15) is 48.1 Å². The predicted octanol–water partition coefficient (Wildman–Crippen LogP) is 4.41. The first-order valence-corrected chi connectivity index (χ1v) is 9.46. The van der Waals surface area contributed by atoms with Crippen molar-refractivity contribution in [1.29, 1.82) is 0 Å². The van der Waals surface area contributed by atoms with Crippen LogP contribution in [-0.2, 0) is 0 Å². The van der Waals surface area contributed by atoms with E-state index in [9.17, 15) is 4.79 Å². The van der Waals surface area contributed by atoms with Crippen molar-refractivity contribution in [2.75, 3.05) is 14.2 Å². The van der Waals surface area contributed by atoms with E-state index in [1.165, 1.54) is 0 Å². The molecule has 2 aromatic carbocycles. The van der Waals surface area contributed by atoms with Crippen molar-refractivity contribution in [2.24, 2.45) is 5.92 Å². The van der Waals surface area contributed by atoms with Gasteiger partial charge in [-0.25, -0.2) is 4.98 Å². The van der Waals surface area contributed by atoms with E-state index in [4.69, 9.17) is 14.5 Å². The fourth-order valence-electron chi connectivity index (χ4n) is 3.28. The van der Waals surface area contributed by atoms with Crippen LogP contribution in [0.2, 0.25) is 0 Å². The fourth-order valence-corrected chi connectivity index (χ4v) is 3.28. The number of H-pyrrole nitrogens is 1. The van der Waals surface area contributed by atoms with Crippen molar-refractivity contribution < 1.29 is 14.3 Å². The molecule has 2 atom stereocenters. The highest BCUT2D eigenvalue weighted by Crippen LogP contribution is 2.30. The molecular weight excluding hydrogens is 354 g/mol. The Kier molecular flexibility index (Phi) is 5.87. The molecule has 0 aliphatic rings. The zero-order valence-corrected chi connectivity index (χ0v) is 17.0. The Bertz CT molecular complexity index is 922. The third-order valence-electron chi connectivity index (χ3n) is 5.22. The minimum Gasteiger partial charge on any atom is -0.496 e. The molecule has 3 rings (SSSR count). The lowest BCUT2D eigenvalue weighted by molar-refractivity contribution is 0.0919. The van der Waals surface area contributed by atoms with Gasteiger partial charge in [0.05, 0.1) is 31.3 Å². The molecule has 0 spiro atoms. The number of imidazole rings is 1. The van der Waals surface area contributed by atoms with Crippen molar-refractivity contribution in [2.45, 2.75) is 33.2 Å². The van der Waals surface area contributed by atoms with Gasteiger partial charge in [0, 0.05) is 11.1 Å². The van der Waals surface area contributed by atoms with Crippen LogP contribution in [0.5, 0.6) is 11.5 Å². The first kappa shape index (κ1) is 19.7. The zero-order chi connectivity index (χ0) is 20.3. The molecule has 1 amide bonds. The van der Waals surface area contributed by atoms with Crippen molar-refractivity contribution in [3.8, 4) is 11.5 Å². The van der Waals surface area contributed by atoms with Crippen LogP contribution in [0.3, 0.4) is 0 Å². The van der Waals surface area contributed by atoms with Crippen LogP contribution in [0.4, 0.5) is 0 Å². The van der Waals surface area contributed by atoms with Crippen LogP contribution >= 0.6 is 0 Å². The summed E-state index contributed by atoms with van der Waals surface area (Å²) in [5, 5.41) is 3.14. The molecule has 0 bridgehead atoms. The van der Waals surface area contributed by atoms with Gasteiger partial charge >= 0.3 is 0 Å². The summed E-state index contributed by atoms with van der Waals surface area (Å²) >= 11 is 0. The van der Waals surface area contributed by atoms with E-state index in [0.29, 0.717) is 17.1 Å². The molecule has 1 heterocycles. The summed E-state index contributed by atoms with van der Waals surface area (Å²) in [5.41, 5.74) is 3.19. The molecule has 0 saturated carbocycles. The van der Waals surface area contributed by atoms with Crippen molar-refractivity contribution >= 4 is 16.9 Å². The number of methoxy groups -OCH3 is 2. The topological polar surface area (TPSA) is 76.2 Å². The maximum absolute atomic E-state index is 13.0. The summed E-state index contributed by atoms with van der Waals surface area (Å²) in [5.74, 6) is 2.01. The molecule has 0 aliphatic carbocycles. The van der Waals surface area contributed by atoms with E-state index in [2.05, 4.69) is 24.1 Å². The molecule has 6 nitrogen and oxygen atoms in total. The molecule has 6 heteroatoms. The van der Waals surface area contributed by atoms with Crippen molar-refractivity contribution in [3.05, 3.63) is 53.3 Å². The lowest BCUT2D eigenvalue weighted by Crippen LogP contribution is -2.33. The van der Waals surface area contributed by atoms with Crippen LogP contribution in [0, 0.1) is 12.8 Å². The number of fused-ring (bicyclic) bond motifs is 1. The van der Waals surface area contributed by atoms with Gasteiger partial charge in [-0.15, -0.1) is 0 Å². The van der Waals surface area contributed by atoms with E-state index in [0.717, 1.165) is 28.8 Å². The Balaban J connectivity index is 1.94. The molecule has 2 N–H and O–H groups in total. The molecular formula is C22H27N3O3. The average Bonchev–Trinajstić information content (AvgIpc) is 3.15. The number of carbonyl (C=O) groups is 1. The highest BCUT2D eigenvalue weighted by atomic mass is 16.5. The first-order chi connectivity index (χ1) is 13.5. The van der Waals surface area contributed by atoms with Gasteiger partial charge in [0.2, 0.25) is 0 Å². The van der Waals surface area contributed by atoms with Crippen molar-refractivity contribution in [3.63, 3.8) is 0 Å². The van der Waals surface area contributed by atoms with Gasteiger partial charge in [0.25, 0.3) is 5.91 Å². The van der Waals surface area contributed by atoms with E-state index < -0.39 is 0 Å². The summed E-state index contributed by atoms with van der Waals surface area (Å²) in [6.45, 7) is 6.11. The summed E-state index contributed by atoms with van der Waals surface area (Å²) in [6, 6.07) is 11.1. The molecule has 0 saturated heterocycles. The van der Waals surface area contributed by atoms with Gasteiger partial charge in [-0.2, -0.15) is 0 Å². The van der Waals surface area contributed by atoms with Crippen LogP contribution in [0.15, 0.2) is 36.4 Å². The largest absolute Gasteiger partial charge is 0.496 e. The minimum atomic E-state index is -0.233.